The van der Waals surface area contributed by atoms with Crippen molar-refractivity contribution >= 4 is 111 Å². The van der Waals surface area contributed by atoms with Gasteiger partial charge in [0, 0.05) is 69.8 Å². The molecule has 33 heteroatoms. The van der Waals surface area contributed by atoms with Crippen molar-refractivity contribution in [2.45, 2.75) is 152 Å². The lowest BCUT2D eigenvalue weighted by Crippen LogP contribution is -2.61. The van der Waals surface area contributed by atoms with Crippen molar-refractivity contribution in [3.05, 3.63) is 113 Å². The second kappa shape index (κ2) is 36.5. The maximum atomic E-state index is 15.2. The molecular formula is C66H84ClN17O15. The average Bonchev–Trinajstić information content (AvgIpc) is 1.82. The standard InChI is InChI=1S/C66H84ClN17O15/c1-35(2)25-45-57(90)77-44(12-7-22-72-66(68)69)64(97)84-24-8-13-52(84)63(96)83-51(65(98)99)33-73-53(86)31-50-62(95)76-43(56(89)79-47(59(92)78-45)28-38-14-17-40-10-4-5-11-41(40)26-38)20-23-71-55(88)34-74-54(87)30-49(75-36(3)85)61(94)80-46(27-37-15-18-42(67)19-16-37)58(91)81-48(60(93)82-50)29-39-9-6-21-70-32-39/h4-6,9-11,14-19,21,26,32,35,43-52H,7-8,12-13,20,22-25,27-31,33-34H2,1-3H3,(H,71,88)(H,73,86)(H,74,87)(H,75,85)(H,76,95)(H,77,90)(H,78,92)(H,79,89)(H,80,94)(H,81,91)(H,82,93)(H,83,96)(H,98,99)(H4,68,69,72)/t43-,44-,45-,46+,47+,48+,49-,50-,51-,52-/m0/s1. The van der Waals surface area contributed by atoms with Crippen LogP contribution < -0.4 is 75.3 Å². The number of aliphatic imine (C=N–C) groups is 1. The molecule has 0 aliphatic carbocycles. The van der Waals surface area contributed by atoms with Gasteiger partial charge < -0.3 is 85.3 Å². The van der Waals surface area contributed by atoms with Gasteiger partial charge in [-0.3, -0.25) is 72.3 Å². The molecule has 0 radical (unpaired) electrons. The molecule has 1 aromatic heterocycles. The van der Waals surface area contributed by atoms with E-state index < -0.39 is 182 Å². The van der Waals surface area contributed by atoms with E-state index in [1.807, 2.05) is 18.2 Å². The van der Waals surface area contributed by atoms with E-state index in [1.165, 1.54) is 35.5 Å². The van der Waals surface area contributed by atoms with Crippen LogP contribution in [0.25, 0.3) is 10.8 Å². The zero-order chi connectivity index (χ0) is 71.9. The van der Waals surface area contributed by atoms with Gasteiger partial charge in [-0.05, 0) is 90.1 Å². The van der Waals surface area contributed by atoms with E-state index in [4.69, 9.17) is 23.1 Å². The molecule has 0 unspecified atom stereocenters. The summed E-state index contributed by atoms with van der Waals surface area (Å²) in [6, 6.07) is 5.36. The summed E-state index contributed by atoms with van der Waals surface area (Å²) >= 11 is 6.18. The molecule has 10 atom stereocenters. The van der Waals surface area contributed by atoms with Crippen LogP contribution in [-0.4, -0.2) is 197 Å². The van der Waals surface area contributed by atoms with Crippen LogP contribution in [-0.2, 0) is 86.4 Å². The highest BCUT2D eigenvalue weighted by Crippen LogP contribution is 2.22. The Morgan fingerprint density at radius 1 is 0.626 bits per heavy atom. The Labute approximate surface area is 574 Å². The Morgan fingerprint density at radius 2 is 1.22 bits per heavy atom. The van der Waals surface area contributed by atoms with Crippen molar-refractivity contribution in [2.75, 3.05) is 32.7 Å². The van der Waals surface area contributed by atoms with E-state index in [0.717, 1.165) is 17.7 Å². The Kier molecular flexibility index (Phi) is 27.9. The number of aromatic nitrogens is 1. The van der Waals surface area contributed by atoms with Crippen LogP contribution in [0.15, 0.2) is 96.2 Å². The number of aliphatic carboxylic acids is 1. The van der Waals surface area contributed by atoms with Crippen LogP contribution in [0.1, 0.15) is 88.8 Å². The number of carboxylic acids is 1. The second-order valence-electron chi connectivity index (χ2n) is 24.8. The highest BCUT2D eigenvalue weighted by Gasteiger charge is 2.41. The average molecular weight is 1390 g/mol. The lowest BCUT2D eigenvalue weighted by molar-refractivity contribution is -0.145. The molecule has 3 aliphatic rings. The minimum atomic E-state index is -2.06. The predicted molar refractivity (Wildman–Crippen MR) is 358 cm³/mol. The first-order chi connectivity index (χ1) is 47.2. The number of amides is 13. The number of nitrogens with two attached hydrogens (primary N) is 2. The smallest absolute Gasteiger partial charge is 0.328 e. The summed E-state index contributed by atoms with van der Waals surface area (Å²) in [5.41, 5.74) is 12.4. The lowest BCUT2D eigenvalue weighted by atomic mass is 9.98. The maximum Gasteiger partial charge on any atom is 0.328 e. The molecule has 17 N–H and O–H groups in total. The number of hydrogen-bond donors (Lipinski definition) is 15. The normalized spacial score (nSPS) is 24.3. The first-order valence-electron chi connectivity index (χ1n) is 32.4. The number of fused-ring (bicyclic) bond motifs is 5. The first kappa shape index (κ1) is 75.6. The summed E-state index contributed by atoms with van der Waals surface area (Å²) in [4.78, 5) is 209. The number of carbonyl (C=O) groups is 14. The number of nitrogens with zero attached hydrogens (tertiary/aromatic N) is 3. The van der Waals surface area contributed by atoms with Crippen LogP contribution in [0.3, 0.4) is 0 Å². The third-order valence-corrected chi connectivity index (χ3v) is 16.7. The molecule has 0 spiro atoms. The molecule has 3 aromatic carbocycles. The molecule has 3 aliphatic heterocycles. The number of halogens is 1. The Balaban J connectivity index is 1.34. The molecule has 32 nitrogen and oxygen atoms in total. The van der Waals surface area contributed by atoms with Crippen molar-refractivity contribution in [2.24, 2.45) is 22.4 Å². The van der Waals surface area contributed by atoms with Crippen molar-refractivity contribution in [1.82, 2.24) is 73.7 Å². The molecule has 3 fully saturated rings. The Hall–Kier alpha value is -10.8. The van der Waals surface area contributed by atoms with Gasteiger partial charge in [0.05, 0.1) is 19.4 Å². The fourth-order valence-corrected chi connectivity index (χ4v) is 11.6. The van der Waals surface area contributed by atoms with Crippen LogP contribution in [0, 0.1) is 5.92 Å². The number of guanidine groups is 1. The minimum absolute atomic E-state index is 0.0115. The van der Waals surface area contributed by atoms with Gasteiger partial charge in [0.2, 0.25) is 76.8 Å². The maximum absolute atomic E-state index is 15.2. The van der Waals surface area contributed by atoms with Crippen molar-refractivity contribution in [3.63, 3.8) is 0 Å². The molecule has 0 saturated carbocycles. The van der Waals surface area contributed by atoms with Crippen LogP contribution in [0.5, 0.6) is 0 Å². The van der Waals surface area contributed by atoms with E-state index in [1.54, 1.807) is 56.3 Å². The molecule has 2 bridgehead atoms. The summed E-state index contributed by atoms with van der Waals surface area (Å²) in [5.74, 6) is -14.9. The predicted octanol–water partition coefficient (Wildman–Crippen LogP) is -2.98. The summed E-state index contributed by atoms with van der Waals surface area (Å²) in [6.45, 7) is 2.56. The van der Waals surface area contributed by atoms with Gasteiger partial charge in [0.25, 0.3) is 0 Å². The number of rotatable bonds is 14. The number of carbonyl (C=O) groups excluding carboxylic acids is 13. The number of nitrogens with one attached hydrogen (secondary N) is 12. The first-order valence-corrected chi connectivity index (χ1v) is 32.8. The van der Waals surface area contributed by atoms with Gasteiger partial charge in [0.15, 0.2) is 5.96 Å². The molecule has 4 aromatic rings. The monoisotopic (exact) mass is 1390 g/mol. The number of carboxylic acid groups (broad SMARTS) is 1. The highest BCUT2D eigenvalue weighted by atomic mass is 35.5. The van der Waals surface area contributed by atoms with Gasteiger partial charge in [0.1, 0.15) is 60.4 Å². The zero-order valence-corrected chi connectivity index (χ0v) is 55.6. The van der Waals surface area contributed by atoms with Gasteiger partial charge in [-0.25, -0.2) is 4.79 Å². The number of pyridine rings is 1. The topological polar surface area (TPSA) is 484 Å². The fraction of sp³-hybridized carbons (Fsp3) is 0.455. The molecule has 4 heterocycles. The van der Waals surface area contributed by atoms with Gasteiger partial charge in [-0.2, -0.15) is 0 Å². The van der Waals surface area contributed by atoms with Gasteiger partial charge in [-0.15, -0.1) is 0 Å². The third-order valence-electron chi connectivity index (χ3n) is 16.5. The summed E-state index contributed by atoms with van der Waals surface area (Å²) in [5, 5.41) is 42.8. The van der Waals surface area contributed by atoms with Crippen LogP contribution in [0.4, 0.5) is 0 Å². The van der Waals surface area contributed by atoms with Crippen molar-refractivity contribution < 1.29 is 72.2 Å². The van der Waals surface area contributed by atoms with E-state index in [0.29, 0.717) is 21.7 Å². The fourth-order valence-electron chi connectivity index (χ4n) is 11.4. The van der Waals surface area contributed by atoms with E-state index in [-0.39, 0.29) is 76.3 Å². The third kappa shape index (κ3) is 23.5. The van der Waals surface area contributed by atoms with Gasteiger partial charge in [-0.1, -0.05) is 86.1 Å². The van der Waals surface area contributed by atoms with Crippen molar-refractivity contribution in [3.8, 4) is 0 Å². The molecular weight excluding hydrogens is 1310 g/mol. The molecule has 13 amide bonds. The highest BCUT2D eigenvalue weighted by molar-refractivity contribution is 6.30. The summed E-state index contributed by atoms with van der Waals surface area (Å²) in [6.07, 6.45) is -0.147. The lowest BCUT2D eigenvalue weighted by Gasteiger charge is -2.31. The Morgan fingerprint density at radius 3 is 1.89 bits per heavy atom. The largest absolute Gasteiger partial charge is 0.480 e. The molecule has 7 rings (SSSR count). The van der Waals surface area contributed by atoms with E-state index in [2.05, 4.69) is 73.8 Å². The van der Waals surface area contributed by atoms with Crippen LogP contribution in [0.2, 0.25) is 5.02 Å². The van der Waals surface area contributed by atoms with Crippen LogP contribution >= 0.6 is 11.6 Å². The summed E-state index contributed by atoms with van der Waals surface area (Å²) in [7, 11) is 0. The van der Waals surface area contributed by atoms with Gasteiger partial charge >= 0.3 is 5.97 Å². The summed E-state index contributed by atoms with van der Waals surface area (Å²) < 4.78 is 0. The second-order valence-corrected chi connectivity index (χ2v) is 25.2. The quantitative estimate of drug-likeness (QED) is 0.0340. The molecule has 3 saturated heterocycles. The SMILES string of the molecule is CC(=O)N[C@H]1CC(=O)NCC(=O)NCC[C@@H]2NC(=O)[C@H](CC(=O)NC[C@@H](C(=O)O)NC(=O)[C@@H]3CCCN3C(=O)[C@H](CCCN=C(N)N)NC(=O)[C@H](CC(C)C)NC(=O)[C@@H](Cc3ccc4ccccc4c3)NC2=O)NC(=O)[C@@H](Cc2cccnc2)NC(=O)[C@@H](Cc2ccc(Cl)cc2)NC1=O. The minimum Gasteiger partial charge on any atom is -0.480 e. The number of hydrogen-bond acceptors (Lipinski definition) is 16. The molecule has 99 heavy (non-hydrogen) atoms. The Bertz CT molecular complexity index is 3670. The number of benzene rings is 3. The van der Waals surface area contributed by atoms with E-state index in [9.17, 15) is 53.1 Å². The van der Waals surface area contributed by atoms with E-state index >= 15 is 19.2 Å². The van der Waals surface area contributed by atoms with Crippen molar-refractivity contribution in [1.29, 1.82) is 0 Å². The zero-order valence-electron chi connectivity index (χ0n) is 54.9. The molecule has 530 valence electrons.